The van der Waals surface area contributed by atoms with Crippen molar-refractivity contribution < 1.29 is 4.92 Å². The Balaban J connectivity index is 1.36. The predicted molar refractivity (Wildman–Crippen MR) is 130 cm³/mol. The Morgan fingerprint density at radius 2 is 1.85 bits per heavy atom. The summed E-state index contributed by atoms with van der Waals surface area (Å²) in [6.45, 7) is 0. The van der Waals surface area contributed by atoms with Crippen molar-refractivity contribution in [1.29, 1.82) is 0 Å². The molecule has 3 heterocycles. The fourth-order valence-electron chi connectivity index (χ4n) is 3.06. The van der Waals surface area contributed by atoms with Crippen LogP contribution in [0.5, 0.6) is 0 Å². The number of benzene rings is 2. The zero-order chi connectivity index (χ0) is 23.3. The molecule has 0 bridgehead atoms. The van der Waals surface area contributed by atoms with Gasteiger partial charge in [0, 0.05) is 28.3 Å². The van der Waals surface area contributed by atoms with E-state index in [-0.39, 0.29) is 5.69 Å². The molecule has 2 aromatic carbocycles. The van der Waals surface area contributed by atoms with E-state index in [1.807, 2.05) is 47.8 Å². The normalized spacial score (nSPS) is 11.3. The highest BCUT2D eigenvalue weighted by molar-refractivity contribution is 7.98. The maximum absolute atomic E-state index is 10.9. The number of hydrogen-bond donors (Lipinski definition) is 0. The topological polar surface area (TPSA) is 117 Å². The largest absolute Gasteiger partial charge is 0.269 e. The van der Waals surface area contributed by atoms with Gasteiger partial charge in [0.05, 0.1) is 28.7 Å². The third kappa shape index (κ3) is 4.77. The van der Waals surface area contributed by atoms with Gasteiger partial charge >= 0.3 is 0 Å². The molecule has 0 amide bonds. The van der Waals surface area contributed by atoms with Gasteiger partial charge < -0.3 is 0 Å². The molecule has 0 aliphatic heterocycles. The Morgan fingerprint density at radius 1 is 1.03 bits per heavy atom. The Morgan fingerprint density at radius 3 is 2.59 bits per heavy atom. The molecule has 0 spiro atoms. The van der Waals surface area contributed by atoms with Crippen molar-refractivity contribution in [2.45, 2.75) is 10.9 Å². The Labute approximate surface area is 201 Å². The lowest BCUT2D eigenvalue weighted by molar-refractivity contribution is -0.384. The predicted octanol–water partition coefficient (Wildman–Crippen LogP) is 4.67. The lowest BCUT2D eigenvalue weighted by Crippen LogP contribution is -1.97. The van der Waals surface area contributed by atoms with Crippen molar-refractivity contribution in [2.24, 2.45) is 5.10 Å². The minimum absolute atomic E-state index is 0.0244. The molecule has 168 valence electrons. The van der Waals surface area contributed by atoms with Crippen LogP contribution in [-0.4, -0.2) is 41.0 Å². The first kappa shape index (κ1) is 21.7. The Kier molecular flexibility index (Phi) is 6.23. The SMILES string of the molecule is O=[N+]([O-])c1ccc(-n2cc(CSc3nnc(-c4ccccc4)n3/N=C/c3cccs3)nn2)cc1. The van der Waals surface area contributed by atoms with Gasteiger partial charge in [0.15, 0.2) is 5.82 Å². The van der Waals surface area contributed by atoms with Crippen LogP contribution in [0.2, 0.25) is 0 Å². The number of rotatable bonds is 8. The highest BCUT2D eigenvalue weighted by Crippen LogP contribution is 2.26. The summed E-state index contributed by atoms with van der Waals surface area (Å²) in [7, 11) is 0. The fourth-order valence-corrected chi connectivity index (χ4v) is 4.41. The van der Waals surface area contributed by atoms with Crippen LogP contribution in [0, 0.1) is 10.1 Å². The molecule has 0 saturated heterocycles. The smallest absolute Gasteiger partial charge is 0.258 e. The van der Waals surface area contributed by atoms with E-state index in [1.165, 1.54) is 23.9 Å². The van der Waals surface area contributed by atoms with Gasteiger partial charge in [-0.15, -0.1) is 26.6 Å². The van der Waals surface area contributed by atoms with E-state index in [0.29, 0.717) is 22.4 Å². The van der Waals surface area contributed by atoms with Gasteiger partial charge in [-0.25, -0.2) is 4.68 Å². The molecule has 0 N–H and O–H groups in total. The summed E-state index contributed by atoms with van der Waals surface area (Å²) in [6.07, 6.45) is 3.57. The summed E-state index contributed by atoms with van der Waals surface area (Å²) < 4.78 is 3.30. The van der Waals surface area contributed by atoms with Crippen LogP contribution in [0.1, 0.15) is 10.6 Å². The lowest BCUT2D eigenvalue weighted by Gasteiger charge is -2.03. The number of nitro groups is 1. The number of nitro benzene ring substituents is 1. The van der Waals surface area contributed by atoms with Crippen molar-refractivity contribution in [1.82, 2.24) is 29.9 Å². The number of nitrogens with zero attached hydrogens (tertiary/aromatic N) is 8. The van der Waals surface area contributed by atoms with E-state index in [0.717, 1.165) is 16.1 Å². The molecule has 0 aliphatic rings. The van der Waals surface area contributed by atoms with E-state index in [9.17, 15) is 10.1 Å². The standard InChI is InChI=1S/C22H16N8O2S2/c31-30(32)19-10-8-18(9-11-19)28-14-17(24-27-28)15-34-22-26-25-21(16-5-2-1-3-6-16)29(22)23-13-20-7-4-12-33-20/h1-14H,15H2/b23-13+. The first-order chi connectivity index (χ1) is 16.7. The summed E-state index contributed by atoms with van der Waals surface area (Å²) in [6, 6.07) is 19.9. The fraction of sp³-hybridized carbons (Fsp3) is 0.0455. The van der Waals surface area contributed by atoms with Crippen LogP contribution in [0.3, 0.4) is 0 Å². The second-order valence-corrected chi connectivity index (χ2v) is 8.88. The molecule has 0 radical (unpaired) electrons. The number of thioether (sulfide) groups is 1. The molecule has 0 fully saturated rings. The van der Waals surface area contributed by atoms with Crippen molar-refractivity contribution in [2.75, 3.05) is 0 Å². The molecule has 34 heavy (non-hydrogen) atoms. The third-order valence-corrected chi connectivity index (χ3v) is 6.46. The summed E-state index contributed by atoms with van der Waals surface area (Å²) >= 11 is 3.04. The van der Waals surface area contributed by atoms with Crippen LogP contribution in [0.4, 0.5) is 5.69 Å². The Bertz CT molecular complexity index is 1430. The van der Waals surface area contributed by atoms with Gasteiger partial charge in [0.2, 0.25) is 5.16 Å². The van der Waals surface area contributed by atoms with Crippen LogP contribution >= 0.6 is 23.1 Å². The maximum Gasteiger partial charge on any atom is 0.269 e. The van der Waals surface area contributed by atoms with Gasteiger partial charge in [0.1, 0.15) is 0 Å². The molecular formula is C22H16N8O2S2. The minimum Gasteiger partial charge on any atom is -0.258 e. The number of thiophene rings is 1. The van der Waals surface area contributed by atoms with E-state index in [4.69, 9.17) is 0 Å². The summed E-state index contributed by atoms with van der Waals surface area (Å²) in [5.74, 6) is 1.14. The highest BCUT2D eigenvalue weighted by Gasteiger charge is 2.15. The van der Waals surface area contributed by atoms with Crippen LogP contribution in [0.15, 0.2) is 88.6 Å². The van der Waals surface area contributed by atoms with Crippen molar-refractivity contribution in [3.8, 4) is 17.1 Å². The van der Waals surface area contributed by atoms with E-state index in [1.54, 1.807) is 45.2 Å². The van der Waals surface area contributed by atoms with Gasteiger partial charge in [-0.2, -0.15) is 9.78 Å². The molecule has 10 nitrogen and oxygen atoms in total. The molecule has 5 rings (SSSR count). The van der Waals surface area contributed by atoms with E-state index < -0.39 is 4.92 Å². The Hall–Kier alpha value is -4.16. The van der Waals surface area contributed by atoms with Crippen molar-refractivity contribution >= 4 is 35.0 Å². The highest BCUT2D eigenvalue weighted by atomic mass is 32.2. The molecule has 0 unspecified atom stereocenters. The average Bonchev–Trinajstić information content (AvgIpc) is 3.63. The van der Waals surface area contributed by atoms with E-state index in [2.05, 4.69) is 25.6 Å². The van der Waals surface area contributed by atoms with Gasteiger partial charge in [-0.1, -0.05) is 53.4 Å². The van der Waals surface area contributed by atoms with Crippen LogP contribution in [-0.2, 0) is 5.75 Å². The quantitative estimate of drug-likeness (QED) is 0.135. The lowest BCUT2D eigenvalue weighted by atomic mass is 10.2. The second-order valence-electron chi connectivity index (χ2n) is 6.96. The molecular weight excluding hydrogens is 472 g/mol. The maximum atomic E-state index is 10.9. The molecule has 12 heteroatoms. The summed E-state index contributed by atoms with van der Waals surface area (Å²) in [4.78, 5) is 11.4. The molecule has 0 atom stereocenters. The van der Waals surface area contributed by atoms with Crippen molar-refractivity contribution in [3.63, 3.8) is 0 Å². The molecule has 5 aromatic rings. The van der Waals surface area contributed by atoms with Gasteiger partial charge in [-0.3, -0.25) is 10.1 Å². The molecule has 3 aromatic heterocycles. The second kappa shape index (κ2) is 9.77. The monoisotopic (exact) mass is 488 g/mol. The number of hydrogen-bond acceptors (Lipinski definition) is 9. The molecule has 0 saturated carbocycles. The average molecular weight is 489 g/mol. The first-order valence-electron chi connectivity index (χ1n) is 10.0. The summed E-state index contributed by atoms with van der Waals surface area (Å²) in [5, 5.41) is 35.1. The first-order valence-corrected chi connectivity index (χ1v) is 11.9. The van der Waals surface area contributed by atoms with Crippen LogP contribution < -0.4 is 0 Å². The van der Waals surface area contributed by atoms with Gasteiger partial charge in [0.25, 0.3) is 5.69 Å². The van der Waals surface area contributed by atoms with Gasteiger partial charge in [-0.05, 0) is 23.6 Å². The van der Waals surface area contributed by atoms with E-state index >= 15 is 0 Å². The zero-order valence-corrected chi connectivity index (χ0v) is 19.1. The van der Waals surface area contributed by atoms with Crippen LogP contribution in [0.25, 0.3) is 17.1 Å². The van der Waals surface area contributed by atoms with Crippen molar-refractivity contribution in [3.05, 3.63) is 99.0 Å². The number of aromatic nitrogens is 6. The summed E-state index contributed by atoms with van der Waals surface area (Å²) in [5.41, 5.74) is 2.34. The number of non-ortho nitro benzene ring substituents is 1. The molecule has 0 aliphatic carbocycles. The zero-order valence-electron chi connectivity index (χ0n) is 17.5. The minimum atomic E-state index is -0.437. The third-order valence-electron chi connectivity index (χ3n) is 4.70.